The number of rotatable bonds is 8. The average molecular weight is 635 g/mol. The maximum absolute atomic E-state index is 14.0. The third kappa shape index (κ3) is 9.07. The highest BCUT2D eigenvalue weighted by molar-refractivity contribution is 6.31. The van der Waals surface area contributed by atoms with Crippen molar-refractivity contribution >= 4 is 41.4 Å². The number of carbonyl (C=O) groups excluding carboxylic acids is 5. The van der Waals surface area contributed by atoms with Gasteiger partial charge in [-0.25, -0.2) is 14.2 Å². The largest absolute Gasteiger partial charge is 0.419 e. The van der Waals surface area contributed by atoms with E-state index >= 15 is 0 Å². The molecule has 0 fully saturated rings. The van der Waals surface area contributed by atoms with Crippen LogP contribution in [0.25, 0.3) is 0 Å². The van der Waals surface area contributed by atoms with Gasteiger partial charge in [-0.05, 0) is 87.3 Å². The van der Waals surface area contributed by atoms with Crippen molar-refractivity contribution in [1.82, 2.24) is 9.88 Å². The smallest absolute Gasteiger partial charge is 0.365 e. The molecule has 1 amide bonds. The van der Waals surface area contributed by atoms with Gasteiger partial charge in [0.15, 0.2) is 5.69 Å². The predicted molar refractivity (Wildman–Crippen MR) is 162 cm³/mol. The second-order valence-corrected chi connectivity index (χ2v) is 13.7. The molecule has 0 spiro atoms. The van der Waals surface area contributed by atoms with Crippen LogP contribution in [0.1, 0.15) is 95.1 Å². The Bertz CT molecular complexity index is 1430. The summed E-state index contributed by atoms with van der Waals surface area (Å²) in [6, 6.07) is 0. The van der Waals surface area contributed by atoms with E-state index in [2.05, 4.69) is 11.6 Å². The molecule has 2 rings (SSSR count). The molecule has 0 saturated carbocycles. The van der Waals surface area contributed by atoms with E-state index in [4.69, 9.17) is 25.8 Å². The number of ether oxygens (including phenoxy) is 3. The number of allylic oxidation sites excluding steroid dienone is 4. The number of nitrogens with zero attached hydrogens (tertiary/aromatic N) is 2. The molecule has 44 heavy (non-hydrogen) atoms. The van der Waals surface area contributed by atoms with Crippen LogP contribution >= 0.6 is 11.6 Å². The van der Waals surface area contributed by atoms with E-state index in [-0.39, 0.29) is 42.1 Å². The molecule has 0 saturated heterocycles. The molecule has 240 valence electrons. The van der Waals surface area contributed by atoms with Crippen LogP contribution in [-0.2, 0) is 25.5 Å². The first-order valence-corrected chi connectivity index (χ1v) is 14.4. The number of esters is 4. The molecular weight excluding hydrogens is 595 g/mol. The highest BCUT2D eigenvalue weighted by atomic mass is 35.5. The van der Waals surface area contributed by atoms with Gasteiger partial charge in [-0.3, -0.25) is 19.2 Å². The summed E-state index contributed by atoms with van der Waals surface area (Å²) in [7, 11) is 0. The van der Waals surface area contributed by atoms with E-state index in [9.17, 15) is 28.4 Å². The van der Waals surface area contributed by atoms with Gasteiger partial charge < -0.3 is 19.1 Å². The Morgan fingerprint density at radius 2 is 1.50 bits per heavy atom. The first kappa shape index (κ1) is 36.3. The highest BCUT2D eigenvalue weighted by Crippen LogP contribution is 2.39. The fourth-order valence-corrected chi connectivity index (χ4v) is 3.53. The predicted octanol–water partition coefficient (Wildman–Crippen LogP) is 6.26. The summed E-state index contributed by atoms with van der Waals surface area (Å²) in [5.74, 6) is -5.95. The number of aromatic nitrogens is 1. The number of fused-ring (bicyclic) bond motifs is 1. The Morgan fingerprint density at radius 1 is 0.955 bits per heavy atom. The minimum absolute atomic E-state index is 0.0516. The van der Waals surface area contributed by atoms with Crippen LogP contribution in [0, 0.1) is 16.2 Å². The molecular formula is C32H40ClFN2O8. The van der Waals surface area contributed by atoms with Crippen LogP contribution in [0.2, 0.25) is 0 Å². The summed E-state index contributed by atoms with van der Waals surface area (Å²) in [5.41, 5.74) is -3.73. The lowest BCUT2D eigenvalue weighted by Crippen LogP contribution is -2.40. The lowest BCUT2D eigenvalue weighted by Gasteiger charge is -2.31. The van der Waals surface area contributed by atoms with Crippen molar-refractivity contribution < 1.29 is 42.6 Å². The number of hydrogen-bond acceptors (Lipinski definition) is 9. The Balaban J connectivity index is 2.73. The summed E-state index contributed by atoms with van der Waals surface area (Å²) < 4.78 is 30.2. The monoisotopic (exact) mass is 634 g/mol. The van der Waals surface area contributed by atoms with Crippen LogP contribution in [-0.4, -0.2) is 52.8 Å². The van der Waals surface area contributed by atoms with E-state index in [1.165, 1.54) is 11.0 Å². The van der Waals surface area contributed by atoms with E-state index in [0.717, 1.165) is 12.2 Å². The molecule has 0 aliphatic carbocycles. The Labute approximate surface area is 262 Å². The molecule has 0 unspecified atom stereocenters. The van der Waals surface area contributed by atoms with Crippen molar-refractivity contribution in [2.45, 2.75) is 75.2 Å². The van der Waals surface area contributed by atoms with E-state index in [1.807, 2.05) is 0 Å². The molecule has 1 aromatic rings. The molecule has 1 aliphatic rings. The quantitative estimate of drug-likeness (QED) is 0.185. The number of amides is 1. The van der Waals surface area contributed by atoms with Crippen LogP contribution in [0.3, 0.4) is 0 Å². The van der Waals surface area contributed by atoms with Crippen molar-refractivity contribution in [1.29, 1.82) is 0 Å². The van der Waals surface area contributed by atoms with Gasteiger partial charge >= 0.3 is 23.9 Å². The minimum atomic E-state index is -1.16. The van der Waals surface area contributed by atoms with Gasteiger partial charge in [0.05, 0.1) is 26.8 Å². The number of halogens is 2. The maximum Gasteiger partial charge on any atom is 0.365 e. The second-order valence-electron chi connectivity index (χ2n) is 13.3. The lowest BCUT2D eigenvalue weighted by atomic mass is 9.94. The third-order valence-electron chi connectivity index (χ3n) is 6.19. The molecule has 10 nitrogen and oxygen atoms in total. The van der Waals surface area contributed by atoms with E-state index < -0.39 is 69.2 Å². The van der Waals surface area contributed by atoms with E-state index in [1.54, 1.807) is 62.3 Å². The van der Waals surface area contributed by atoms with E-state index in [0.29, 0.717) is 0 Å². The van der Waals surface area contributed by atoms with Crippen molar-refractivity contribution in [3.63, 3.8) is 0 Å². The molecule has 1 aromatic heterocycles. The highest BCUT2D eigenvalue weighted by Gasteiger charge is 2.40. The van der Waals surface area contributed by atoms with Crippen LogP contribution in [0.4, 0.5) is 4.39 Å². The number of hydrogen-bond donors (Lipinski definition) is 0. The summed E-state index contributed by atoms with van der Waals surface area (Å²) >= 11 is 5.72. The molecule has 0 aromatic carbocycles. The molecule has 12 heteroatoms. The molecule has 0 atom stereocenters. The molecule has 1 aliphatic heterocycles. The van der Waals surface area contributed by atoms with Gasteiger partial charge in [-0.15, -0.1) is 0 Å². The summed E-state index contributed by atoms with van der Waals surface area (Å²) in [6.07, 6.45) is 4.06. The summed E-state index contributed by atoms with van der Waals surface area (Å²) in [6.45, 7) is 17.8. The van der Waals surface area contributed by atoms with Crippen molar-refractivity contribution in [2.24, 2.45) is 16.2 Å². The number of pyridine rings is 1. The third-order valence-corrected chi connectivity index (χ3v) is 6.53. The number of carbonyl (C=O) groups is 5. The topological polar surface area (TPSA) is 129 Å². The Morgan fingerprint density at radius 3 is 2.02 bits per heavy atom. The SMILES string of the molecule is C=C/C(Cl)=C(F)\C=C/CCN1CCc2c(C(=O)OC(=O)C(C)(C)C)nc(OC(=O)C(C)(C)C)c(OC(=O)C(C)(C)C)c2C1=O. The van der Waals surface area contributed by atoms with Crippen LogP contribution in [0.15, 0.2) is 35.7 Å². The van der Waals surface area contributed by atoms with Crippen molar-refractivity contribution in [3.05, 3.63) is 52.5 Å². The standard InChI is InChI=1S/C32H40ClFN2O8/c1-11-19(33)20(34)14-12-13-16-36-17-15-18-21(25(36)37)23(42-27(39)30(2,3)4)24(43-28(40)31(5,6)7)35-22(18)26(38)44-29(41)32(8,9)10/h11-12,14H,1,13,15-17H2,2-10H3/b14-12-,20-19-. The molecule has 0 bridgehead atoms. The van der Waals surface area contributed by atoms with Crippen LogP contribution in [0.5, 0.6) is 11.6 Å². The first-order valence-electron chi connectivity index (χ1n) is 14.0. The lowest BCUT2D eigenvalue weighted by molar-refractivity contribution is -0.147. The zero-order valence-electron chi connectivity index (χ0n) is 26.7. The average Bonchev–Trinajstić information content (AvgIpc) is 2.90. The van der Waals surface area contributed by atoms with Crippen molar-refractivity contribution in [2.75, 3.05) is 13.1 Å². The first-order chi connectivity index (χ1) is 20.1. The van der Waals surface area contributed by atoms with Gasteiger partial charge in [0.25, 0.3) is 11.8 Å². The fourth-order valence-electron chi connectivity index (χ4n) is 3.47. The Hall–Kier alpha value is -3.86. The fraction of sp³-hybridized carbons (Fsp3) is 0.500. The molecule has 2 heterocycles. The Kier molecular flexibility index (Phi) is 11.4. The zero-order chi connectivity index (χ0) is 33.8. The van der Waals surface area contributed by atoms with Gasteiger partial charge in [0, 0.05) is 18.7 Å². The summed E-state index contributed by atoms with van der Waals surface area (Å²) in [5, 5.41) is -0.163. The molecule has 0 radical (unpaired) electrons. The molecule has 0 N–H and O–H groups in total. The maximum atomic E-state index is 14.0. The minimum Gasteiger partial charge on any atom is -0.419 e. The zero-order valence-corrected chi connectivity index (χ0v) is 27.4. The van der Waals surface area contributed by atoms with Crippen molar-refractivity contribution in [3.8, 4) is 11.6 Å². The van der Waals surface area contributed by atoms with Gasteiger partial charge in [-0.1, -0.05) is 24.3 Å². The normalized spacial score (nSPS) is 14.5. The van der Waals surface area contributed by atoms with Gasteiger partial charge in [0.2, 0.25) is 5.75 Å². The summed E-state index contributed by atoms with van der Waals surface area (Å²) in [4.78, 5) is 71.4. The van der Waals surface area contributed by atoms with Gasteiger partial charge in [-0.2, -0.15) is 0 Å². The van der Waals surface area contributed by atoms with Crippen LogP contribution < -0.4 is 9.47 Å². The second kappa shape index (κ2) is 13.8. The van der Waals surface area contributed by atoms with Gasteiger partial charge in [0.1, 0.15) is 5.83 Å².